The summed E-state index contributed by atoms with van der Waals surface area (Å²) in [7, 11) is 0. The number of amides is 1. The van der Waals surface area contributed by atoms with Gasteiger partial charge < -0.3 is 11.1 Å². The lowest BCUT2D eigenvalue weighted by atomic mass is 10.1. The Morgan fingerprint density at radius 2 is 2.25 bits per heavy atom. The second kappa shape index (κ2) is 5.36. The van der Waals surface area contributed by atoms with Crippen LogP contribution in [0.3, 0.4) is 0 Å². The summed E-state index contributed by atoms with van der Waals surface area (Å²) in [5.74, 6) is -0.128. The summed E-state index contributed by atoms with van der Waals surface area (Å²) in [4.78, 5) is 12.4. The monoisotopic (exact) mass is 242 g/mol. The summed E-state index contributed by atoms with van der Waals surface area (Å²) < 4.78 is 3.81. The van der Waals surface area contributed by atoms with Crippen molar-refractivity contribution in [2.45, 2.75) is 39.2 Å². The van der Waals surface area contributed by atoms with Gasteiger partial charge in [0.05, 0.1) is 5.69 Å². The molecule has 0 saturated carbocycles. The quantitative estimate of drug-likeness (QED) is 0.805. The van der Waals surface area contributed by atoms with E-state index in [0.717, 1.165) is 30.1 Å². The van der Waals surface area contributed by atoms with Crippen LogP contribution in [-0.4, -0.2) is 27.6 Å². The fraction of sp³-hybridized carbons (Fsp3) is 0.700. The summed E-state index contributed by atoms with van der Waals surface area (Å²) >= 11 is 1.13. The Kier molecular flexibility index (Phi) is 4.37. The van der Waals surface area contributed by atoms with Crippen LogP contribution in [0, 0.1) is 0 Å². The molecule has 6 heteroatoms. The summed E-state index contributed by atoms with van der Waals surface area (Å²) in [5, 5.41) is 6.74. The normalized spacial score (nSPS) is 11.5. The summed E-state index contributed by atoms with van der Waals surface area (Å²) in [6.07, 6.45) is 1.74. The number of nitrogens with one attached hydrogen (secondary N) is 1. The fourth-order valence-corrected chi connectivity index (χ4v) is 1.79. The van der Waals surface area contributed by atoms with E-state index in [4.69, 9.17) is 5.73 Å². The maximum absolute atomic E-state index is 11.8. The van der Waals surface area contributed by atoms with E-state index in [9.17, 15) is 4.79 Å². The number of rotatable bonds is 5. The third-order valence-electron chi connectivity index (χ3n) is 1.95. The molecule has 1 rings (SSSR count). The van der Waals surface area contributed by atoms with Crippen molar-refractivity contribution in [1.29, 1.82) is 0 Å². The van der Waals surface area contributed by atoms with Crippen molar-refractivity contribution in [3.63, 3.8) is 0 Å². The van der Waals surface area contributed by atoms with Crippen molar-refractivity contribution in [3.8, 4) is 0 Å². The van der Waals surface area contributed by atoms with Crippen molar-refractivity contribution in [2.24, 2.45) is 5.73 Å². The summed E-state index contributed by atoms with van der Waals surface area (Å²) in [5.41, 5.74) is 6.16. The van der Waals surface area contributed by atoms with Crippen LogP contribution in [0.4, 0.5) is 0 Å². The van der Waals surface area contributed by atoms with Gasteiger partial charge in [-0.15, -0.1) is 5.10 Å². The SMILES string of the molecule is CCCc1nnsc1C(=O)NCC(C)(C)N. The van der Waals surface area contributed by atoms with E-state index in [1.165, 1.54) is 0 Å². The number of carbonyl (C=O) groups excluding carboxylic acids is 1. The summed E-state index contributed by atoms with van der Waals surface area (Å²) in [6, 6.07) is 0. The maximum Gasteiger partial charge on any atom is 0.265 e. The molecular formula is C10H18N4OS. The molecule has 16 heavy (non-hydrogen) atoms. The van der Waals surface area contributed by atoms with Gasteiger partial charge in [-0.1, -0.05) is 17.8 Å². The number of hydrogen-bond donors (Lipinski definition) is 2. The van der Waals surface area contributed by atoms with Crippen LogP contribution in [0.1, 0.15) is 42.6 Å². The van der Waals surface area contributed by atoms with E-state index in [1.807, 2.05) is 20.8 Å². The Morgan fingerprint density at radius 1 is 1.56 bits per heavy atom. The smallest absolute Gasteiger partial charge is 0.265 e. The van der Waals surface area contributed by atoms with Crippen LogP contribution in [0.5, 0.6) is 0 Å². The van der Waals surface area contributed by atoms with Gasteiger partial charge in [-0.3, -0.25) is 4.79 Å². The zero-order valence-corrected chi connectivity index (χ0v) is 10.7. The Hall–Kier alpha value is -1.01. The van der Waals surface area contributed by atoms with E-state index >= 15 is 0 Å². The molecule has 0 aliphatic carbocycles. The number of nitrogens with zero attached hydrogens (tertiary/aromatic N) is 2. The molecule has 0 saturated heterocycles. The average Bonchev–Trinajstić information content (AvgIpc) is 2.62. The molecule has 0 aliphatic rings. The van der Waals surface area contributed by atoms with Crippen molar-refractivity contribution in [1.82, 2.24) is 14.9 Å². The molecule has 0 bridgehead atoms. The first-order valence-electron chi connectivity index (χ1n) is 5.32. The van der Waals surface area contributed by atoms with E-state index in [-0.39, 0.29) is 5.91 Å². The second-order valence-electron chi connectivity index (χ2n) is 4.47. The standard InChI is InChI=1S/C10H18N4OS/c1-4-5-7-8(16-14-13-7)9(15)12-6-10(2,3)11/h4-6,11H2,1-3H3,(H,12,15). The second-order valence-corrected chi connectivity index (χ2v) is 5.22. The van der Waals surface area contributed by atoms with E-state index in [1.54, 1.807) is 0 Å². The third-order valence-corrected chi connectivity index (χ3v) is 2.72. The minimum atomic E-state index is -0.404. The number of carbonyl (C=O) groups is 1. The van der Waals surface area contributed by atoms with Gasteiger partial charge in [-0.25, -0.2) is 0 Å². The Morgan fingerprint density at radius 3 is 2.81 bits per heavy atom. The molecule has 0 atom stereocenters. The average molecular weight is 242 g/mol. The highest BCUT2D eigenvalue weighted by Crippen LogP contribution is 2.12. The lowest BCUT2D eigenvalue weighted by Crippen LogP contribution is -2.45. The predicted molar refractivity (Wildman–Crippen MR) is 64.5 cm³/mol. The highest BCUT2D eigenvalue weighted by Gasteiger charge is 2.18. The number of aromatic nitrogens is 2. The zero-order chi connectivity index (χ0) is 12.2. The molecular weight excluding hydrogens is 224 g/mol. The van der Waals surface area contributed by atoms with Gasteiger partial charge in [0.2, 0.25) is 0 Å². The van der Waals surface area contributed by atoms with Crippen molar-refractivity contribution >= 4 is 17.4 Å². The number of nitrogens with two attached hydrogens (primary N) is 1. The van der Waals surface area contributed by atoms with Gasteiger partial charge in [0.1, 0.15) is 4.88 Å². The van der Waals surface area contributed by atoms with Gasteiger partial charge in [0.15, 0.2) is 0 Å². The summed E-state index contributed by atoms with van der Waals surface area (Å²) in [6.45, 7) is 6.22. The molecule has 0 fully saturated rings. The molecule has 0 radical (unpaired) electrons. The molecule has 1 aromatic heterocycles. The highest BCUT2D eigenvalue weighted by molar-refractivity contribution is 7.08. The molecule has 3 N–H and O–H groups in total. The molecule has 5 nitrogen and oxygen atoms in total. The topological polar surface area (TPSA) is 80.9 Å². The van der Waals surface area contributed by atoms with E-state index in [2.05, 4.69) is 14.9 Å². The zero-order valence-electron chi connectivity index (χ0n) is 9.91. The van der Waals surface area contributed by atoms with Crippen LogP contribution >= 0.6 is 11.5 Å². The highest BCUT2D eigenvalue weighted by atomic mass is 32.1. The van der Waals surface area contributed by atoms with Crippen LogP contribution in [0.2, 0.25) is 0 Å². The Labute approximate surface area is 99.6 Å². The molecule has 0 aliphatic heterocycles. The van der Waals surface area contributed by atoms with Crippen LogP contribution in [-0.2, 0) is 6.42 Å². The fourth-order valence-electron chi connectivity index (χ4n) is 1.17. The lowest BCUT2D eigenvalue weighted by molar-refractivity contribution is 0.0949. The molecule has 1 aromatic rings. The van der Waals surface area contributed by atoms with Gasteiger partial charge in [0.25, 0.3) is 5.91 Å². The lowest BCUT2D eigenvalue weighted by Gasteiger charge is -2.18. The van der Waals surface area contributed by atoms with Crippen LogP contribution in [0.25, 0.3) is 0 Å². The number of hydrogen-bond acceptors (Lipinski definition) is 5. The Bertz CT molecular complexity index is 356. The van der Waals surface area contributed by atoms with Crippen molar-refractivity contribution in [3.05, 3.63) is 10.6 Å². The van der Waals surface area contributed by atoms with E-state index in [0.29, 0.717) is 11.4 Å². The molecule has 0 spiro atoms. The van der Waals surface area contributed by atoms with Crippen LogP contribution < -0.4 is 11.1 Å². The van der Waals surface area contributed by atoms with Crippen molar-refractivity contribution in [2.75, 3.05) is 6.54 Å². The van der Waals surface area contributed by atoms with Gasteiger partial charge in [-0.2, -0.15) is 0 Å². The first-order valence-corrected chi connectivity index (χ1v) is 6.09. The molecule has 0 unspecified atom stereocenters. The molecule has 1 amide bonds. The van der Waals surface area contributed by atoms with Crippen molar-refractivity contribution < 1.29 is 4.79 Å². The van der Waals surface area contributed by atoms with Crippen LogP contribution in [0.15, 0.2) is 0 Å². The molecule has 0 aromatic carbocycles. The van der Waals surface area contributed by atoms with E-state index < -0.39 is 5.54 Å². The van der Waals surface area contributed by atoms with Gasteiger partial charge >= 0.3 is 0 Å². The third kappa shape index (κ3) is 3.86. The van der Waals surface area contributed by atoms with Gasteiger partial charge in [0, 0.05) is 12.1 Å². The van der Waals surface area contributed by atoms with Gasteiger partial charge in [-0.05, 0) is 31.8 Å². The number of aryl methyl sites for hydroxylation is 1. The first-order chi connectivity index (χ1) is 7.44. The minimum Gasteiger partial charge on any atom is -0.349 e. The molecule has 1 heterocycles. The molecule has 90 valence electrons. The Balaban J connectivity index is 2.62. The maximum atomic E-state index is 11.8. The minimum absolute atomic E-state index is 0.128. The largest absolute Gasteiger partial charge is 0.349 e. The predicted octanol–water partition coefficient (Wildman–Crippen LogP) is 0.958. The first kappa shape index (κ1) is 13.1.